The molecule has 0 aliphatic carbocycles. The molecule has 0 aliphatic rings. The van der Waals surface area contributed by atoms with Crippen LogP contribution in [0.4, 0.5) is 0 Å². The first-order valence-corrected chi connectivity index (χ1v) is 15.4. The van der Waals surface area contributed by atoms with Crippen molar-refractivity contribution in [3.8, 4) is 0 Å². The number of unbranched alkanes of at least 4 members (excludes halogenated alkanes) is 11. The first-order valence-electron chi connectivity index (χ1n) is 15.4. The van der Waals surface area contributed by atoms with Crippen molar-refractivity contribution in [2.24, 2.45) is 0 Å². The maximum absolute atomic E-state index is 12.9. The average Bonchev–Trinajstić information content (AvgIpc) is 2.88. The Morgan fingerprint density at radius 2 is 1.11 bits per heavy atom. The minimum absolute atomic E-state index is 0.130. The zero-order chi connectivity index (χ0) is 28.4. The number of carboxylic acids is 2. The average molecular weight is 543 g/mol. The Kier molecular flexibility index (Phi) is 24.5. The number of carbonyl (C=O) groups excluding carboxylic acids is 1. The molecular weight excluding hydrogens is 484 g/mol. The predicted octanol–water partition coefficient (Wildman–Crippen LogP) is 6.36. The van der Waals surface area contributed by atoms with E-state index in [0.717, 1.165) is 71.0 Å². The lowest BCUT2D eigenvalue weighted by molar-refractivity contribution is -0.155. The molecule has 8 heteroatoms. The lowest BCUT2D eigenvalue weighted by Gasteiger charge is -2.30. The smallest absolute Gasteiger partial charge is 0.323 e. The molecule has 0 rings (SSSR count). The van der Waals surface area contributed by atoms with E-state index < -0.39 is 23.9 Å². The number of rotatable bonds is 28. The van der Waals surface area contributed by atoms with E-state index in [1.165, 1.54) is 44.9 Å². The number of hydrogen-bond donors (Lipinski definition) is 2. The summed E-state index contributed by atoms with van der Waals surface area (Å²) in [5, 5.41) is 18.7. The van der Waals surface area contributed by atoms with Crippen LogP contribution in [0.2, 0.25) is 0 Å². The van der Waals surface area contributed by atoms with Crippen molar-refractivity contribution >= 4 is 17.9 Å². The van der Waals surface area contributed by atoms with Crippen LogP contribution in [0.1, 0.15) is 130 Å². The van der Waals surface area contributed by atoms with Gasteiger partial charge in [0.15, 0.2) is 0 Å². The molecule has 224 valence electrons. The highest BCUT2D eigenvalue weighted by Gasteiger charge is 2.30. The summed E-state index contributed by atoms with van der Waals surface area (Å²) < 4.78 is 5.50. The molecule has 0 aliphatic heterocycles. The van der Waals surface area contributed by atoms with Gasteiger partial charge in [-0.2, -0.15) is 0 Å². The van der Waals surface area contributed by atoms with E-state index in [-0.39, 0.29) is 26.0 Å². The van der Waals surface area contributed by atoms with Gasteiger partial charge in [0.05, 0.1) is 19.4 Å². The van der Waals surface area contributed by atoms with Crippen molar-refractivity contribution in [3.63, 3.8) is 0 Å². The summed E-state index contributed by atoms with van der Waals surface area (Å²) in [7, 11) is 0. The Morgan fingerprint density at radius 1 is 0.605 bits per heavy atom. The SMILES string of the molecule is CCCCCCCCCCCCOC(=O)C(CC(=O)O)N(CCCN(CCCC)CCCC)CCC(=O)O. The second kappa shape index (κ2) is 25.6. The molecule has 38 heavy (non-hydrogen) atoms. The summed E-state index contributed by atoms with van der Waals surface area (Å²) in [5.74, 6) is -2.60. The second-order valence-corrected chi connectivity index (χ2v) is 10.5. The van der Waals surface area contributed by atoms with Crippen LogP contribution < -0.4 is 0 Å². The maximum atomic E-state index is 12.9. The lowest BCUT2D eigenvalue weighted by atomic mass is 10.1. The molecular formula is C30H58N2O6. The third-order valence-corrected chi connectivity index (χ3v) is 7.01. The normalized spacial score (nSPS) is 12.2. The number of nitrogens with zero attached hydrogens (tertiary/aromatic N) is 2. The van der Waals surface area contributed by atoms with E-state index in [9.17, 15) is 24.6 Å². The standard InChI is InChI=1S/C30H58N2O6/c1-4-7-10-11-12-13-14-15-16-17-25-38-30(37)27(26-29(35)36)32(24-19-28(33)34)23-18-22-31(20-8-5-2)21-9-6-3/h27H,4-26H2,1-3H3,(H,33,34)(H,35,36). The molecule has 0 radical (unpaired) electrons. The number of hydrogen-bond acceptors (Lipinski definition) is 6. The van der Waals surface area contributed by atoms with E-state index in [2.05, 4.69) is 25.7 Å². The largest absolute Gasteiger partial charge is 0.481 e. The van der Waals surface area contributed by atoms with Crippen LogP contribution in [-0.2, 0) is 19.1 Å². The molecule has 0 bridgehead atoms. The van der Waals surface area contributed by atoms with Gasteiger partial charge < -0.3 is 19.8 Å². The van der Waals surface area contributed by atoms with Crippen LogP contribution in [0.3, 0.4) is 0 Å². The highest BCUT2D eigenvalue weighted by molar-refractivity contribution is 5.82. The minimum atomic E-state index is -1.08. The van der Waals surface area contributed by atoms with Crippen molar-refractivity contribution in [3.05, 3.63) is 0 Å². The lowest BCUT2D eigenvalue weighted by Crippen LogP contribution is -2.46. The summed E-state index contributed by atoms with van der Waals surface area (Å²) in [6.07, 6.45) is 16.5. The number of ether oxygens (including phenoxy) is 1. The van der Waals surface area contributed by atoms with Crippen molar-refractivity contribution in [1.82, 2.24) is 9.80 Å². The van der Waals surface area contributed by atoms with Gasteiger partial charge in [-0.3, -0.25) is 19.3 Å². The van der Waals surface area contributed by atoms with Gasteiger partial charge in [-0.1, -0.05) is 91.4 Å². The Hall–Kier alpha value is -1.67. The van der Waals surface area contributed by atoms with Gasteiger partial charge in [0.1, 0.15) is 6.04 Å². The van der Waals surface area contributed by atoms with E-state index in [1.807, 2.05) is 0 Å². The summed E-state index contributed by atoms with van der Waals surface area (Å²) >= 11 is 0. The Morgan fingerprint density at radius 3 is 1.61 bits per heavy atom. The summed E-state index contributed by atoms with van der Waals surface area (Å²) in [6, 6.07) is -0.963. The van der Waals surface area contributed by atoms with Crippen LogP contribution in [0, 0.1) is 0 Å². The van der Waals surface area contributed by atoms with Crippen LogP contribution in [0.5, 0.6) is 0 Å². The number of carbonyl (C=O) groups is 3. The molecule has 0 heterocycles. The van der Waals surface area contributed by atoms with Crippen LogP contribution in [0.25, 0.3) is 0 Å². The molecule has 0 amide bonds. The van der Waals surface area contributed by atoms with Crippen LogP contribution >= 0.6 is 0 Å². The fourth-order valence-corrected chi connectivity index (χ4v) is 4.64. The van der Waals surface area contributed by atoms with Crippen molar-refractivity contribution < 1.29 is 29.3 Å². The first kappa shape index (κ1) is 36.3. The second-order valence-electron chi connectivity index (χ2n) is 10.5. The number of esters is 1. The van der Waals surface area contributed by atoms with E-state index in [1.54, 1.807) is 4.90 Å². The fourth-order valence-electron chi connectivity index (χ4n) is 4.64. The molecule has 1 unspecified atom stereocenters. The highest BCUT2D eigenvalue weighted by atomic mass is 16.5. The molecule has 2 N–H and O–H groups in total. The molecule has 0 fully saturated rings. The molecule has 0 aromatic carbocycles. The van der Waals surface area contributed by atoms with Gasteiger partial charge in [-0.25, -0.2) is 0 Å². The Bertz CT molecular complexity index is 593. The van der Waals surface area contributed by atoms with Gasteiger partial charge >= 0.3 is 17.9 Å². The summed E-state index contributed by atoms with van der Waals surface area (Å²) in [6.45, 7) is 10.3. The highest BCUT2D eigenvalue weighted by Crippen LogP contribution is 2.13. The molecule has 0 aromatic heterocycles. The number of carboxylic acid groups (broad SMARTS) is 2. The van der Waals surface area contributed by atoms with Gasteiger partial charge in [0.2, 0.25) is 0 Å². The topological polar surface area (TPSA) is 107 Å². The monoisotopic (exact) mass is 542 g/mol. The van der Waals surface area contributed by atoms with Gasteiger partial charge in [0.25, 0.3) is 0 Å². The predicted molar refractivity (Wildman–Crippen MR) is 154 cm³/mol. The van der Waals surface area contributed by atoms with E-state index in [0.29, 0.717) is 6.54 Å². The Labute approximate surface area is 232 Å². The molecule has 0 saturated heterocycles. The zero-order valence-corrected chi connectivity index (χ0v) is 24.8. The summed E-state index contributed by atoms with van der Waals surface area (Å²) in [5.41, 5.74) is 0. The number of aliphatic carboxylic acids is 2. The van der Waals surface area contributed by atoms with Crippen LogP contribution in [0.15, 0.2) is 0 Å². The molecule has 0 spiro atoms. The first-order chi connectivity index (χ1) is 18.3. The van der Waals surface area contributed by atoms with E-state index in [4.69, 9.17) is 4.74 Å². The van der Waals surface area contributed by atoms with Crippen LogP contribution in [-0.4, -0.2) is 83.3 Å². The molecule has 0 saturated carbocycles. The van der Waals surface area contributed by atoms with Crippen molar-refractivity contribution in [2.75, 3.05) is 39.3 Å². The van der Waals surface area contributed by atoms with E-state index >= 15 is 0 Å². The van der Waals surface area contributed by atoms with Crippen molar-refractivity contribution in [2.45, 2.75) is 136 Å². The summed E-state index contributed by atoms with van der Waals surface area (Å²) in [4.78, 5) is 39.9. The molecule has 8 nitrogen and oxygen atoms in total. The Balaban J connectivity index is 4.75. The molecule has 1 atom stereocenters. The quantitative estimate of drug-likeness (QED) is 0.0868. The van der Waals surface area contributed by atoms with Crippen molar-refractivity contribution in [1.29, 1.82) is 0 Å². The van der Waals surface area contributed by atoms with Gasteiger partial charge in [-0.15, -0.1) is 0 Å². The minimum Gasteiger partial charge on any atom is -0.481 e. The van der Waals surface area contributed by atoms with Gasteiger partial charge in [-0.05, 0) is 45.3 Å². The van der Waals surface area contributed by atoms with Gasteiger partial charge in [0, 0.05) is 13.1 Å². The third-order valence-electron chi connectivity index (χ3n) is 7.01. The fraction of sp³-hybridized carbons (Fsp3) is 0.900. The molecule has 0 aromatic rings. The third kappa shape index (κ3) is 21.3. The zero-order valence-electron chi connectivity index (χ0n) is 24.8. The maximum Gasteiger partial charge on any atom is 0.323 e.